The van der Waals surface area contributed by atoms with Crippen LogP contribution in [0.15, 0.2) is 0 Å². The molecule has 17 nitrogen and oxygen atoms in total. The molecule has 0 bridgehead atoms. The van der Waals surface area contributed by atoms with E-state index in [2.05, 4.69) is 0 Å². The minimum absolute atomic E-state index is 0. The van der Waals surface area contributed by atoms with Crippen molar-refractivity contribution in [3.63, 3.8) is 0 Å². The molecule has 17 heteroatoms. The molecule has 0 aliphatic heterocycles. The zero-order valence-corrected chi connectivity index (χ0v) is 17.6. The van der Waals surface area contributed by atoms with Gasteiger partial charge >= 0.3 is 0 Å². The molecule has 0 fully saturated rings. The second kappa shape index (κ2) is 77.1. The number of hydrogen-bond acceptors (Lipinski definition) is 10. The normalized spacial score (nSPS) is 4.63. The van der Waals surface area contributed by atoms with E-state index in [1.54, 1.807) is 0 Å². The van der Waals surface area contributed by atoms with E-state index >= 15 is 0 Å². The van der Waals surface area contributed by atoms with Gasteiger partial charge in [-0.1, -0.05) is 0 Å². The molecule has 0 amide bonds. The van der Waals surface area contributed by atoms with Crippen LogP contribution in [0.1, 0.15) is 34.6 Å². The van der Waals surface area contributed by atoms with Crippen LogP contribution in [-0.4, -0.2) is 40.8 Å². The zero-order valence-electron chi connectivity index (χ0n) is 17.6. The number of aliphatic carboxylic acids is 5. The first kappa shape index (κ1) is 87.9. The number of hydrogen-bond donors (Lipinski definition) is 5. The topological polar surface area (TPSA) is 446 Å². The molecule has 0 saturated carbocycles. The molecule has 0 rings (SSSR count). The Labute approximate surface area is 156 Å². The Morgan fingerprint density at radius 3 is 0.370 bits per heavy atom. The predicted octanol–water partition coefficient (Wildman–Crippen LogP) is -5.99. The summed E-state index contributed by atoms with van der Waals surface area (Å²) >= 11 is 0. The third kappa shape index (κ3) is 1190. The lowest BCUT2D eigenvalue weighted by molar-refractivity contribution is -0.303. The lowest BCUT2D eigenvalue weighted by Crippen LogP contribution is -2.16. The molecule has 0 aromatic heterocycles. The summed E-state index contributed by atoms with van der Waals surface area (Å²) in [7, 11) is 0. The average Bonchev–Trinajstić information content (AvgIpc) is 1.94. The van der Waals surface area contributed by atoms with Gasteiger partial charge in [-0.25, -0.2) is 0 Å². The Morgan fingerprint density at radius 1 is 0.370 bits per heavy atom. The molecule has 0 atom stereocenters. The van der Waals surface area contributed by atoms with Gasteiger partial charge in [0, 0.05) is 29.8 Å². The molecule has 0 aromatic carbocycles. The molecule has 0 aliphatic carbocycles. The Kier molecular flexibility index (Phi) is 251. The van der Waals surface area contributed by atoms with Crippen LogP contribution < -0.4 is 56.3 Å². The number of carboxylic acid groups (broad SMARTS) is 5. The van der Waals surface area contributed by atoms with Crippen molar-refractivity contribution in [3.05, 3.63) is 0 Å². The van der Waals surface area contributed by atoms with Crippen molar-refractivity contribution in [2.45, 2.75) is 34.6 Å². The molecule has 27 heavy (non-hydrogen) atoms. The molecular formula is C10H39N5O12. The summed E-state index contributed by atoms with van der Waals surface area (Å²) in [5.74, 6) is -5.42. The number of carboxylic acids is 5. The highest BCUT2D eigenvalue weighted by molar-refractivity contribution is 5.61. The van der Waals surface area contributed by atoms with Crippen LogP contribution in [-0.2, 0) is 24.0 Å². The van der Waals surface area contributed by atoms with Crippen molar-refractivity contribution < 1.29 is 60.5 Å². The summed E-state index contributed by atoms with van der Waals surface area (Å²) in [5, 5.41) is 44.4. The van der Waals surface area contributed by atoms with Crippen molar-refractivity contribution in [1.82, 2.24) is 30.8 Å². The van der Waals surface area contributed by atoms with Gasteiger partial charge in [0.05, 0.1) is 0 Å². The number of carbonyl (C=O) groups is 5. The minimum Gasteiger partial charge on any atom is -0.550 e. The quantitative estimate of drug-likeness (QED) is 0.246. The maximum absolute atomic E-state index is 8.89. The third-order valence-electron chi connectivity index (χ3n) is 0. The fourth-order valence-electron chi connectivity index (χ4n) is 0. The fraction of sp³-hybridized carbons (Fsp3) is 0.500. The molecule has 0 unspecified atom stereocenters. The Bertz CT molecular complexity index is 225. The lowest BCUT2D eigenvalue weighted by atomic mass is 10.9. The molecule has 24 N–H and O–H groups in total. The third-order valence-corrected chi connectivity index (χ3v) is 0. The van der Waals surface area contributed by atoms with Crippen molar-refractivity contribution in [2.24, 2.45) is 0 Å². The lowest BCUT2D eigenvalue weighted by Gasteiger charge is -1.77. The van der Waals surface area contributed by atoms with Crippen LogP contribution in [0.5, 0.6) is 0 Å². The summed E-state index contributed by atoms with van der Waals surface area (Å²) in [6, 6.07) is 0. The molecule has 176 valence electrons. The van der Waals surface area contributed by atoms with Gasteiger partial charge in [-0.3, -0.25) is 0 Å². The van der Waals surface area contributed by atoms with E-state index < -0.39 is 29.8 Å². The van der Waals surface area contributed by atoms with Crippen molar-refractivity contribution in [1.29, 1.82) is 0 Å². The Hall–Kier alpha value is -2.93. The summed E-state index contributed by atoms with van der Waals surface area (Å²) < 4.78 is 0. The number of carbonyl (C=O) groups excluding carboxylic acids is 5. The largest absolute Gasteiger partial charge is 0.550 e. The number of rotatable bonds is 0. The standard InChI is InChI=1S/5C2H4O2.5H3N.2H2O/c5*1-2(3)4;;;;;;;/h5*1H3,(H,3,4);5*1H3;2*1H2. The van der Waals surface area contributed by atoms with Crippen LogP contribution in [0, 0.1) is 0 Å². The van der Waals surface area contributed by atoms with E-state index in [0.29, 0.717) is 0 Å². The van der Waals surface area contributed by atoms with Gasteiger partial charge in [0.1, 0.15) is 0 Å². The van der Waals surface area contributed by atoms with Crippen molar-refractivity contribution in [3.8, 4) is 0 Å². The van der Waals surface area contributed by atoms with E-state index in [1.165, 1.54) is 0 Å². The van der Waals surface area contributed by atoms with Gasteiger partial charge < -0.3 is 91.2 Å². The first-order valence-corrected chi connectivity index (χ1v) is 4.54. The molecule has 0 radical (unpaired) electrons. The van der Waals surface area contributed by atoms with E-state index in [9.17, 15) is 0 Å². The highest BCUT2D eigenvalue weighted by Crippen LogP contribution is 1.32. The monoisotopic (exact) mass is 421 g/mol. The zero-order chi connectivity index (χ0) is 17.9. The summed E-state index contributed by atoms with van der Waals surface area (Å²) in [5.41, 5.74) is 0. The first-order valence-electron chi connectivity index (χ1n) is 4.54. The van der Waals surface area contributed by atoms with E-state index in [-0.39, 0.29) is 41.7 Å². The van der Waals surface area contributed by atoms with Crippen molar-refractivity contribution >= 4 is 29.8 Å². The van der Waals surface area contributed by atoms with Crippen LogP contribution >= 0.6 is 0 Å². The van der Waals surface area contributed by atoms with E-state index in [0.717, 1.165) is 34.6 Å². The highest BCUT2D eigenvalue weighted by atomic mass is 16.4. The average molecular weight is 421 g/mol. The molecule has 0 spiro atoms. The Morgan fingerprint density at radius 2 is 0.370 bits per heavy atom. The van der Waals surface area contributed by atoms with Crippen LogP contribution in [0.4, 0.5) is 0 Å². The number of quaternary nitrogens is 5. The van der Waals surface area contributed by atoms with Gasteiger partial charge in [0.15, 0.2) is 0 Å². The van der Waals surface area contributed by atoms with Gasteiger partial charge in [0.25, 0.3) is 0 Å². The molecule has 0 aromatic rings. The van der Waals surface area contributed by atoms with E-state index in [4.69, 9.17) is 49.5 Å². The van der Waals surface area contributed by atoms with Crippen LogP contribution in [0.3, 0.4) is 0 Å². The van der Waals surface area contributed by atoms with Crippen molar-refractivity contribution in [2.75, 3.05) is 0 Å². The summed E-state index contributed by atoms with van der Waals surface area (Å²) in [4.78, 5) is 44.4. The maximum Gasteiger partial charge on any atom is 0.0383 e. The van der Waals surface area contributed by atoms with Gasteiger partial charge in [-0.05, 0) is 34.6 Å². The van der Waals surface area contributed by atoms with Gasteiger partial charge in [-0.2, -0.15) is 0 Å². The second-order valence-electron chi connectivity index (χ2n) is 2.46. The smallest absolute Gasteiger partial charge is 0.0383 e. The van der Waals surface area contributed by atoms with Crippen LogP contribution in [0.2, 0.25) is 0 Å². The molecule has 0 saturated heterocycles. The fourth-order valence-corrected chi connectivity index (χ4v) is 0. The first-order chi connectivity index (χ1) is 8.66. The predicted molar refractivity (Wildman–Crippen MR) is 90.6 cm³/mol. The molecule has 0 aliphatic rings. The maximum atomic E-state index is 8.89. The highest BCUT2D eigenvalue weighted by Gasteiger charge is 1.47. The Balaban J connectivity index is -0.00000000978. The minimum atomic E-state index is -1.08. The molecule has 0 heterocycles. The van der Waals surface area contributed by atoms with Crippen LogP contribution in [0.25, 0.3) is 0 Å². The van der Waals surface area contributed by atoms with Gasteiger partial charge in [-0.15, -0.1) is 0 Å². The SMILES string of the molecule is CC(=O)[O-].CC(=O)[O-].CC(=O)[O-].CC(=O)[O-].CC(=O)[O-].O.O.[NH4+].[NH4+].[NH4+].[NH4+].[NH4+]. The van der Waals surface area contributed by atoms with Gasteiger partial charge in [0.2, 0.25) is 0 Å². The molecular weight excluding hydrogens is 382 g/mol. The summed E-state index contributed by atoms with van der Waals surface area (Å²) in [6.45, 7) is 4.86. The second-order valence-corrected chi connectivity index (χ2v) is 2.46. The summed E-state index contributed by atoms with van der Waals surface area (Å²) in [6.07, 6.45) is 0. The van der Waals surface area contributed by atoms with E-state index in [1.807, 2.05) is 0 Å².